The lowest BCUT2D eigenvalue weighted by Gasteiger charge is -2.19. The van der Waals surface area contributed by atoms with Gasteiger partial charge in [-0.1, -0.05) is 19.4 Å². The summed E-state index contributed by atoms with van der Waals surface area (Å²) in [6.45, 7) is 7.60. The number of carbonyl (C=O) groups excluding carboxylic acids is 1. The molecule has 3 aromatic rings. The number of benzene rings is 1. The van der Waals surface area contributed by atoms with Gasteiger partial charge in [-0.25, -0.2) is 14.8 Å². The van der Waals surface area contributed by atoms with Crippen molar-refractivity contribution in [2.45, 2.75) is 39.7 Å². The second kappa shape index (κ2) is 11.2. The summed E-state index contributed by atoms with van der Waals surface area (Å²) < 4.78 is 0. The van der Waals surface area contributed by atoms with Gasteiger partial charge in [-0.05, 0) is 79.3 Å². The minimum atomic E-state index is -0.188. The van der Waals surface area contributed by atoms with Gasteiger partial charge in [0.05, 0.1) is 12.3 Å². The summed E-state index contributed by atoms with van der Waals surface area (Å²) in [4.78, 5) is 23.5. The lowest BCUT2D eigenvalue weighted by Crippen LogP contribution is -2.32. The summed E-state index contributed by atoms with van der Waals surface area (Å²) in [6.07, 6.45) is 3.73. The second-order valence-corrected chi connectivity index (χ2v) is 9.36. The molecule has 36 heavy (non-hydrogen) atoms. The molecule has 0 radical (unpaired) electrons. The third-order valence-electron chi connectivity index (χ3n) is 6.61. The van der Waals surface area contributed by atoms with Crippen LogP contribution in [0.15, 0.2) is 48.7 Å². The van der Waals surface area contributed by atoms with Crippen molar-refractivity contribution < 1.29 is 9.90 Å². The zero-order valence-electron chi connectivity index (χ0n) is 21.0. The Morgan fingerprint density at radius 3 is 2.81 bits per heavy atom. The zero-order chi connectivity index (χ0) is 25.7. The van der Waals surface area contributed by atoms with Gasteiger partial charge in [0.2, 0.25) is 0 Å². The molecule has 1 aliphatic heterocycles. The number of nitriles is 1. The number of hydrogen-bond acceptors (Lipinski definition) is 6. The van der Waals surface area contributed by atoms with Gasteiger partial charge in [-0.3, -0.25) is 0 Å². The molecule has 1 saturated heterocycles. The van der Waals surface area contributed by atoms with Gasteiger partial charge >= 0.3 is 6.03 Å². The number of aromatic nitrogens is 2. The largest absolute Gasteiger partial charge is 0.394 e. The maximum atomic E-state index is 12.9. The van der Waals surface area contributed by atoms with Crippen molar-refractivity contribution in [3.63, 3.8) is 0 Å². The Balaban J connectivity index is 1.69. The highest BCUT2D eigenvalue weighted by molar-refractivity contribution is 5.91. The molecule has 0 saturated carbocycles. The predicted octanol–water partition coefficient (Wildman–Crippen LogP) is 5.05. The van der Waals surface area contributed by atoms with Crippen LogP contribution in [0.4, 0.5) is 16.3 Å². The van der Waals surface area contributed by atoms with Crippen molar-refractivity contribution in [2.24, 2.45) is 5.92 Å². The highest BCUT2D eigenvalue weighted by Gasteiger charge is 2.25. The number of aryl methyl sites for hydroxylation is 1. The molecule has 1 fully saturated rings. The highest BCUT2D eigenvalue weighted by atomic mass is 16.3. The predicted molar refractivity (Wildman–Crippen MR) is 142 cm³/mol. The van der Waals surface area contributed by atoms with Gasteiger partial charge in [0.15, 0.2) is 0 Å². The van der Waals surface area contributed by atoms with Crippen LogP contribution in [0.2, 0.25) is 0 Å². The van der Waals surface area contributed by atoms with Crippen LogP contribution in [0.25, 0.3) is 22.4 Å². The number of hydrogen-bond donors (Lipinski definition) is 3. The van der Waals surface area contributed by atoms with Crippen molar-refractivity contribution in [3.8, 4) is 28.5 Å². The first kappa shape index (κ1) is 25.1. The highest BCUT2D eigenvalue weighted by Crippen LogP contribution is 2.32. The van der Waals surface area contributed by atoms with Gasteiger partial charge < -0.3 is 20.6 Å². The van der Waals surface area contributed by atoms with Gasteiger partial charge in [0, 0.05) is 36.6 Å². The number of nitrogens with zero attached hydrogens (tertiary/aromatic N) is 4. The standard InChI is InChI=1S/C28H32N6O2/c1-4-20-8-10-34(16-20)28(36)32-23-6-5-18(2)25(14-23)22-12-26(21-7-9-30-24(11-21)15-29)33-27(13-22)31-19(3)17-35/h5-7,9,11-14,19-20,35H,4,8,10,16-17H2,1-3H3,(H,31,33)(H,32,36)/t19-,20-/m1/s1. The van der Waals surface area contributed by atoms with E-state index in [1.54, 1.807) is 12.3 Å². The number of rotatable bonds is 7. The Morgan fingerprint density at radius 1 is 1.25 bits per heavy atom. The molecular formula is C28H32N6O2. The quantitative estimate of drug-likeness (QED) is 0.433. The molecule has 1 aliphatic rings. The van der Waals surface area contributed by atoms with E-state index in [0.29, 0.717) is 23.1 Å². The Morgan fingerprint density at radius 2 is 2.08 bits per heavy atom. The summed E-state index contributed by atoms with van der Waals surface area (Å²) >= 11 is 0. The molecule has 1 aromatic carbocycles. The van der Waals surface area contributed by atoms with E-state index in [-0.39, 0.29) is 18.7 Å². The number of pyridine rings is 2. The second-order valence-electron chi connectivity index (χ2n) is 9.36. The minimum absolute atomic E-state index is 0.0367. The summed E-state index contributed by atoms with van der Waals surface area (Å²) in [5, 5.41) is 25.1. The number of anilines is 2. The minimum Gasteiger partial charge on any atom is -0.394 e. The summed E-state index contributed by atoms with van der Waals surface area (Å²) in [5.74, 6) is 1.18. The molecule has 0 unspecified atom stereocenters. The maximum absolute atomic E-state index is 12.9. The van der Waals surface area contributed by atoms with Crippen molar-refractivity contribution >= 4 is 17.5 Å². The number of amides is 2. The summed E-state index contributed by atoms with van der Waals surface area (Å²) in [7, 11) is 0. The van der Waals surface area contributed by atoms with Gasteiger partial charge in [-0.15, -0.1) is 0 Å². The molecule has 0 bridgehead atoms. The summed E-state index contributed by atoms with van der Waals surface area (Å²) in [5.41, 5.74) is 5.40. The monoisotopic (exact) mass is 484 g/mol. The first-order valence-electron chi connectivity index (χ1n) is 12.3. The lowest BCUT2D eigenvalue weighted by atomic mass is 9.98. The van der Waals surface area contributed by atoms with Gasteiger partial charge in [0.1, 0.15) is 17.6 Å². The van der Waals surface area contributed by atoms with Gasteiger partial charge in [0.25, 0.3) is 0 Å². The normalized spacial score (nSPS) is 15.9. The van der Waals surface area contributed by atoms with E-state index < -0.39 is 0 Å². The van der Waals surface area contributed by atoms with Crippen LogP contribution in [-0.4, -0.2) is 51.7 Å². The van der Waals surface area contributed by atoms with Crippen molar-refractivity contribution in [3.05, 3.63) is 59.9 Å². The van der Waals surface area contributed by atoms with Crippen LogP contribution in [0.3, 0.4) is 0 Å². The Kier molecular flexibility index (Phi) is 7.81. The van der Waals surface area contributed by atoms with Crippen LogP contribution in [0.5, 0.6) is 0 Å². The smallest absolute Gasteiger partial charge is 0.321 e. The van der Waals surface area contributed by atoms with Gasteiger partial charge in [-0.2, -0.15) is 5.26 Å². The van der Waals surface area contributed by atoms with E-state index in [1.165, 1.54) is 0 Å². The molecular weight excluding hydrogens is 452 g/mol. The van der Waals surface area contributed by atoms with Crippen molar-refractivity contribution in [1.29, 1.82) is 5.26 Å². The molecule has 2 atom stereocenters. The molecule has 2 amide bonds. The summed E-state index contributed by atoms with van der Waals surface area (Å²) in [6, 6.07) is 15.1. The fourth-order valence-corrected chi connectivity index (χ4v) is 4.42. The average Bonchev–Trinajstić information content (AvgIpc) is 3.39. The molecule has 0 spiro atoms. The number of urea groups is 1. The molecule has 186 valence electrons. The van der Waals surface area contributed by atoms with Crippen LogP contribution >= 0.6 is 0 Å². The number of nitrogens with one attached hydrogen (secondary N) is 2. The molecule has 3 N–H and O–H groups in total. The number of aliphatic hydroxyl groups is 1. The van der Waals surface area contributed by atoms with E-state index in [9.17, 15) is 15.2 Å². The van der Waals surface area contributed by atoms with Crippen LogP contribution in [-0.2, 0) is 0 Å². The van der Waals surface area contributed by atoms with E-state index in [4.69, 9.17) is 4.98 Å². The van der Waals surface area contributed by atoms with Crippen molar-refractivity contribution in [1.82, 2.24) is 14.9 Å². The first-order valence-corrected chi connectivity index (χ1v) is 12.3. The van der Waals surface area contributed by atoms with E-state index >= 15 is 0 Å². The van der Waals surface area contributed by atoms with E-state index in [2.05, 4.69) is 28.6 Å². The Hall–Kier alpha value is -3.96. The Labute approximate surface area is 212 Å². The van der Waals surface area contributed by atoms with Crippen LogP contribution in [0, 0.1) is 24.2 Å². The topological polar surface area (TPSA) is 114 Å². The van der Waals surface area contributed by atoms with E-state index in [0.717, 1.165) is 53.9 Å². The van der Waals surface area contributed by atoms with Crippen LogP contribution in [0.1, 0.15) is 37.9 Å². The maximum Gasteiger partial charge on any atom is 0.321 e. The molecule has 2 aromatic heterocycles. The third-order valence-corrected chi connectivity index (χ3v) is 6.61. The number of carbonyl (C=O) groups is 1. The average molecular weight is 485 g/mol. The molecule has 0 aliphatic carbocycles. The Bertz CT molecular complexity index is 1290. The van der Waals surface area contributed by atoms with Crippen LogP contribution < -0.4 is 10.6 Å². The third kappa shape index (κ3) is 5.81. The molecule has 4 rings (SSSR count). The lowest BCUT2D eigenvalue weighted by molar-refractivity contribution is 0.220. The number of likely N-dealkylation sites (tertiary alicyclic amines) is 1. The molecule has 8 nitrogen and oxygen atoms in total. The number of aliphatic hydroxyl groups excluding tert-OH is 1. The zero-order valence-corrected chi connectivity index (χ0v) is 21.0. The first-order chi connectivity index (χ1) is 17.4. The molecule has 3 heterocycles. The van der Waals surface area contributed by atoms with E-state index in [1.807, 2.05) is 55.1 Å². The molecule has 8 heteroatoms. The SMILES string of the molecule is CC[C@@H]1CCN(C(=O)Nc2ccc(C)c(-c3cc(N[C@H](C)CO)nc(-c4ccnc(C#N)c4)c3)c2)C1. The fraction of sp³-hybridized carbons (Fsp3) is 0.357. The fourth-order valence-electron chi connectivity index (χ4n) is 4.42. The van der Waals surface area contributed by atoms with Crippen molar-refractivity contribution in [2.75, 3.05) is 30.3 Å².